The minimum absolute atomic E-state index is 0.307. The molecule has 27 heavy (non-hydrogen) atoms. The number of ether oxygens (including phenoxy) is 1. The Labute approximate surface area is 162 Å². The molecule has 1 heterocycles. The molecule has 0 aliphatic heterocycles. The number of halogens is 1. The van der Waals surface area contributed by atoms with Crippen molar-refractivity contribution < 1.29 is 9.53 Å². The molecule has 1 aromatic heterocycles. The molecule has 0 atom stereocenters. The summed E-state index contributed by atoms with van der Waals surface area (Å²) in [5.74, 6) is 0.417. The summed E-state index contributed by atoms with van der Waals surface area (Å²) in [6, 6.07) is 18.4. The first-order valence-corrected chi connectivity index (χ1v) is 8.72. The van der Waals surface area contributed by atoms with Gasteiger partial charge >= 0.3 is 0 Å². The highest BCUT2D eigenvalue weighted by Gasteiger charge is 2.04. The number of carbonyl (C=O) groups excluding carboxylic acids is 1. The summed E-state index contributed by atoms with van der Waals surface area (Å²) in [5, 5.41) is 4.65. The predicted octanol–water partition coefficient (Wildman–Crippen LogP) is 4.39. The molecular weight excluding hydrogens is 362 g/mol. The van der Waals surface area contributed by atoms with Gasteiger partial charge in [-0.1, -0.05) is 29.8 Å². The van der Waals surface area contributed by atoms with Crippen molar-refractivity contribution in [1.82, 2.24) is 10.4 Å². The normalized spacial score (nSPS) is 10.7. The van der Waals surface area contributed by atoms with E-state index < -0.39 is 0 Å². The average molecular weight is 380 g/mol. The lowest BCUT2D eigenvalue weighted by atomic mass is 10.2. The Bertz CT molecular complexity index is 938. The summed E-state index contributed by atoms with van der Waals surface area (Å²) >= 11 is 6.11. The van der Waals surface area contributed by atoms with E-state index in [0.717, 1.165) is 22.6 Å². The summed E-state index contributed by atoms with van der Waals surface area (Å²) in [5.41, 5.74) is 5.56. The van der Waals surface area contributed by atoms with Crippen LogP contribution in [0, 0.1) is 6.92 Å². The molecule has 0 fully saturated rings. The number of benzene rings is 2. The second kappa shape index (κ2) is 8.96. The molecule has 3 aromatic rings. The number of hydrogen-bond donors (Lipinski definition) is 1. The zero-order valence-corrected chi connectivity index (χ0v) is 15.5. The van der Waals surface area contributed by atoms with Gasteiger partial charge in [0.05, 0.1) is 11.8 Å². The SMILES string of the molecule is Cc1ccc(C(=O)NN=Cc2ccc(OCc3ccccc3Cl)cc2)cn1. The second-order valence-corrected chi connectivity index (χ2v) is 6.24. The number of amides is 1. The maximum absolute atomic E-state index is 12.0. The van der Waals surface area contributed by atoms with Crippen LogP contribution in [0.1, 0.15) is 27.2 Å². The maximum Gasteiger partial charge on any atom is 0.272 e. The van der Waals surface area contributed by atoms with Crippen molar-refractivity contribution in [3.63, 3.8) is 0 Å². The van der Waals surface area contributed by atoms with Crippen LogP contribution in [0.4, 0.5) is 0 Å². The van der Waals surface area contributed by atoms with Gasteiger partial charge in [-0.25, -0.2) is 5.43 Å². The Kier molecular flexibility index (Phi) is 6.18. The minimum atomic E-state index is -0.307. The number of nitrogens with zero attached hydrogens (tertiary/aromatic N) is 2. The van der Waals surface area contributed by atoms with Crippen LogP contribution in [0.25, 0.3) is 0 Å². The molecular formula is C21H18ClN3O2. The smallest absolute Gasteiger partial charge is 0.272 e. The first-order valence-electron chi connectivity index (χ1n) is 8.34. The van der Waals surface area contributed by atoms with E-state index in [1.54, 1.807) is 18.3 Å². The summed E-state index contributed by atoms with van der Waals surface area (Å²) < 4.78 is 5.73. The van der Waals surface area contributed by atoms with Crippen molar-refractivity contribution in [2.45, 2.75) is 13.5 Å². The molecule has 1 N–H and O–H groups in total. The van der Waals surface area contributed by atoms with E-state index in [-0.39, 0.29) is 5.91 Å². The lowest BCUT2D eigenvalue weighted by Crippen LogP contribution is -2.17. The number of hydrazone groups is 1. The van der Waals surface area contributed by atoms with Gasteiger partial charge in [0.25, 0.3) is 5.91 Å². The zero-order valence-electron chi connectivity index (χ0n) is 14.7. The molecule has 0 aliphatic rings. The Hall–Kier alpha value is -3.18. The van der Waals surface area contributed by atoms with Crippen molar-refractivity contribution in [3.8, 4) is 5.75 Å². The summed E-state index contributed by atoms with van der Waals surface area (Å²) in [6.45, 7) is 2.26. The molecule has 0 unspecified atom stereocenters. The van der Waals surface area contributed by atoms with Crippen LogP contribution >= 0.6 is 11.6 Å². The molecule has 0 bridgehead atoms. The van der Waals surface area contributed by atoms with Gasteiger partial charge in [-0.2, -0.15) is 5.10 Å². The van der Waals surface area contributed by atoms with E-state index in [1.165, 1.54) is 6.20 Å². The number of aryl methyl sites for hydroxylation is 1. The van der Waals surface area contributed by atoms with Crippen molar-refractivity contribution in [2.75, 3.05) is 0 Å². The van der Waals surface area contributed by atoms with Crippen molar-refractivity contribution >= 4 is 23.7 Å². The van der Waals surface area contributed by atoms with Gasteiger partial charge in [0, 0.05) is 22.5 Å². The number of pyridine rings is 1. The molecule has 136 valence electrons. The predicted molar refractivity (Wildman–Crippen MR) is 106 cm³/mol. The fourth-order valence-corrected chi connectivity index (χ4v) is 2.45. The lowest BCUT2D eigenvalue weighted by molar-refractivity contribution is 0.0955. The fourth-order valence-electron chi connectivity index (χ4n) is 2.26. The quantitative estimate of drug-likeness (QED) is 0.510. The molecule has 0 saturated carbocycles. The Morgan fingerprint density at radius 1 is 1.15 bits per heavy atom. The van der Waals surface area contributed by atoms with Gasteiger partial charge in [0.2, 0.25) is 0 Å². The zero-order chi connectivity index (χ0) is 19.1. The van der Waals surface area contributed by atoms with E-state index >= 15 is 0 Å². The topological polar surface area (TPSA) is 63.6 Å². The highest BCUT2D eigenvalue weighted by Crippen LogP contribution is 2.18. The van der Waals surface area contributed by atoms with Crippen LogP contribution in [0.15, 0.2) is 72.0 Å². The summed E-state index contributed by atoms with van der Waals surface area (Å²) in [6.07, 6.45) is 3.09. The molecule has 3 rings (SSSR count). The number of rotatable bonds is 6. The van der Waals surface area contributed by atoms with Gasteiger partial charge in [-0.15, -0.1) is 0 Å². The third-order valence-corrected chi connectivity index (χ3v) is 4.15. The van der Waals surface area contributed by atoms with Crippen LogP contribution in [-0.2, 0) is 6.61 Å². The minimum Gasteiger partial charge on any atom is -0.489 e. The number of carbonyl (C=O) groups is 1. The van der Waals surface area contributed by atoms with E-state index in [0.29, 0.717) is 17.2 Å². The molecule has 0 saturated heterocycles. The van der Waals surface area contributed by atoms with Crippen LogP contribution in [-0.4, -0.2) is 17.1 Å². The van der Waals surface area contributed by atoms with Gasteiger partial charge in [-0.3, -0.25) is 9.78 Å². The first-order chi connectivity index (χ1) is 13.1. The average Bonchev–Trinajstić information content (AvgIpc) is 2.69. The van der Waals surface area contributed by atoms with E-state index in [4.69, 9.17) is 16.3 Å². The number of nitrogens with one attached hydrogen (secondary N) is 1. The van der Waals surface area contributed by atoms with Crippen LogP contribution in [0.5, 0.6) is 5.75 Å². The van der Waals surface area contributed by atoms with Crippen molar-refractivity contribution in [2.24, 2.45) is 5.10 Å². The van der Waals surface area contributed by atoms with Gasteiger partial charge < -0.3 is 4.74 Å². The molecule has 0 radical (unpaired) electrons. The Morgan fingerprint density at radius 3 is 2.63 bits per heavy atom. The molecule has 5 nitrogen and oxygen atoms in total. The van der Waals surface area contributed by atoms with E-state index in [1.807, 2.05) is 55.5 Å². The van der Waals surface area contributed by atoms with E-state index in [2.05, 4.69) is 15.5 Å². The second-order valence-electron chi connectivity index (χ2n) is 5.84. The number of hydrogen-bond acceptors (Lipinski definition) is 4. The van der Waals surface area contributed by atoms with Crippen LogP contribution in [0.2, 0.25) is 5.02 Å². The molecule has 1 amide bonds. The molecule has 0 aliphatic carbocycles. The maximum atomic E-state index is 12.0. The highest BCUT2D eigenvalue weighted by molar-refractivity contribution is 6.31. The fraction of sp³-hybridized carbons (Fsp3) is 0.0952. The highest BCUT2D eigenvalue weighted by atomic mass is 35.5. The Balaban J connectivity index is 1.52. The Morgan fingerprint density at radius 2 is 1.93 bits per heavy atom. The molecule has 0 spiro atoms. The lowest BCUT2D eigenvalue weighted by Gasteiger charge is -2.07. The summed E-state index contributed by atoms with van der Waals surface area (Å²) in [7, 11) is 0. The number of aromatic nitrogens is 1. The first kappa shape index (κ1) is 18.6. The monoisotopic (exact) mass is 379 g/mol. The van der Waals surface area contributed by atoms with Crippen LogP contribution in [0.3, 0.4) is 0 Å². The summed E-state index contributed by atoms with van der Waals surface area (Å²) in [4.78, 5) is 16.0. The van der Waals surface area contributed by atoms with Gasteiger partial charge in [-0.05, 0) is 55.0 Å². The van der Waals surface area contributed by atoms with Crippen LogP contribution < -0.4 is 10.2 Å². The van der Waals surface area contributed by atoms with Crippen molar-refractivity contribution in [3.05, 3.63) is 94.3 Å². The molecule has 6 heteroatoms. The van der Waals surface area contributed by atoms with Crippen molar-refractivity contribution in [1.29, 1.82) is 0 Å². The van der Waals surface area contributed by atoms with Gasteiger partial charge in [0.1, 0.15) is 12.4 Å². The van der Waals surface area contributed by atoms with Gasteiger partial charge in [0.15, 0.2) is 0 Å². The standard InChI is InChI=1S/C21H18ClN3O2/c1-15-6-9-17(13-23-15)21(26)25-24-12-16-7-10-19(11-8-16)27-14-18-4-2-3-5-20(18)22/h2-13H,14H2,1H3,(H,25,26). The third-order valence-electron chi connectivity index (χ3n) is 3.79. The molecule has 2 aromatic carbocycles. The largest absolute Gasteiger partial charge is 0.489 e. The van der Waals surface area contributed by atoms with E-state index in [9.17, 15) is 4.79 Å². The third kappa shape index (κ3) is 5.39.